The third-order valence-corrected chi connectivity index (χ3v) is 4.26. The second kappa shape index (κ2) is 6.20. The van der Waals surface area contributed by atoms with E-state index in [1.807, 2.05) is 28.7 Å². The number of aliphatic hydroxyl groups excluding tert-OH is 1. The number of rotatable bonds is 3. The normalized spacial score (nSPS) is 18.7. The van der Waals surface area contributed by atoms with E-state index in [-0.39, 0.29) is 12.1 Å². The maximum absolute atomic E-state index is 11.9. The predicted molar refractivity (Wildman–Crippen MR) is 72.5 cm³/mol. The summed E-state index contributed by atoms with van der Waals surface area (Å²) < 4.78 is 0. The average Bonchev–Trinajstić information content (AvgIpc) is 2.89. The minimum Gasteiger partial charge on any atom is -0.393 e. The monoisotopic (exact) mass is 268 g/mol. The van der Waals surface area contributed by atoms with Crippen LogP contribution in [0, 0.1) is 5.92 Å². The smallest absolute Gasteiger partial charge is 0.317 e. The summed E-state index contributed by atoms with van der Waals surface area (Å²) in [4.78, 5) is 13.8. The van der Waals surface area contributed by atoms with Gasteiger partial charge in [-0.3, -0.25) is 0 Å². The van der Waals surface area contributed by atoms with E-state index < -0.39 is 0 Å². The molecule has 2 N–H and O–H groups in total. The predicted octanol–water partition coefficient (Wildman–Crippen LogP) is 2.05. The van der Waals surface area contributed by atoms with Crippen molar-refractivity contribution < 1.29 is 9.90 Å². The largest absolute Gasteiger partial charge is 0.393 e. The maximum atomic E-state index is 11.9. The van der Waals surface area contributed by atoms with Crippen LogP contribution in [0.15, 0.2) is 16.8 Å². The van der Waals surface area contributed by atoms with Crippen molar-refractivity contribution in [2.24, 2.45) is 5.92 Å². The highest BCUT2D eigenvalue weighted by Gasteiger charge is 2.25. The van der Waals surface area contributed by atoms with Crippen LogP contribution >= 0.6 is 11.3 Å². The van der Waals surface area contributed by atoms with Crippen molar-refractivity contribution in [3.63, 3.8) is 0 Å². The molecule has 0 saturated carbocycles. The van der Waals surface area contributed by atoms with Crippen LogP contribution < -0.4 is 5.32 Å². The molecule has 1 aliphatic heterocycles. The lowest BCUT2D eigenvalue weighted by Gasteiger charge is -2.33. The molecule has 0 aromatic carbocycles. The molecule has 1 fully saturated rings. The number of nitrogens with zero attached hydrogens (tertiary/aromatic N) is 1. The van der Waals surface area contributed by atoms with Gasteiger partial charge in [0.05, 0.1) is 6.10 Å². The van der Waals surface area contributed by atoms with Crippen LogP contribution in [0.2, 0.25) is 0 Å². The molecular formula is C13H20N2O2S. The summed E-state index contributed by atoms with van der Waals surface area (Å²) in [6, 6.07) is 2.02. The van der Waals surface area contributed by atoms with Crippen LogP contribution in [-0.4, -0.2) is 35.2 Å². The average molecular weight is 268 g/mol. The van der Waals surface area contributed by atoms with Crippen LogP contribution in [-0.2, 0) is 6.54 Å². The van der Waals surface area contributed by atoms with Gasteiger partial charge >= 0.3 is 6.03 Å². The Morgan fingerprint density at radius 3 is 2.89 bits per heavy atom. The molecule has 1 aliphatic rings. The molecule has 5 heteroatoms. The number of hydrogen-bond acceptors (Lipinski definition) is 3. The number of hydrogen-bond donors (Lipinski definition) is 2. The van der Waals surface area contributed by atoms with E-state index in [0.29, 0.717) is 12.5 Å². The summed E-state index contributed by atoms with van der Waals surface area (Å²) >= 11 is 1.64. The van der Waals surface area contributed by atoms with Gasteiger partial charge < -0.3 is 15.3 Å². The molecule has 2 rings (SSSR count). The number of carbonyl (C=O) groups excluding carboxylic acids is 1. The van der Waals surface area contributed by atoms with Gasteiger partial charge in [-0.15, -0.1) is 0 Å². The highest BCUT2D eigenvalue weighted by molar-refractivity contribution is 7.07. The molecule has 0 bridgehead atoms. The Labute approximate surface area is 112 Å². The lowest BCUT2D eigenvalue weighted by molar-refractivity contribution is 0.0798. The van der Waals surface area contributed by atoms with E-state index in [1.165, 1.54) is 0 Å². The van der Waals surface area contributed by atoms with E-state index in [2.05, 4.69) is 5.32 Å². The van der Waals surface area contributed by atoms with Crippen molar-refractivity contribution in [3.8, 4) is 0 Å². The molecule has 1 atom stereocenters. The van der Waals surface area contributed by atoms with Crippen LogP contribution in [0.1, 0.15) is 25.3 Å². The highest BCUT2D eigenvalue weighted by atomic mass is 32.1. The summed E-state index contributed by atoms with van der Waals surface area (Å²) in [5.41, 5.74) is 1.15. The van der Waals surface area contributed by atoms with Crippen molar-refractivity contribution in [1.29, 1.82) is 0 Å². The third-order valence-electron chi connectivity index (χ3n) is 3.53. The Bertz CT molecular complexity index is 370. The zero-order chi connectivity index (χ0) is 13.0. The topological polar surface area (TPSA) is 52.6 Å². The number of carbonyl (C=O) groups is 1. The molecule has 2 amide bonds. The summed E-state index contributed by atoms with van der Waals surface area (Å²) in [5.74, 6) is 0.339. The van der Waals surface area contributed by atoms with Gasteiger partial charge in [-0.05, 0) is 48.1 Å². The first-order chi connectivity index (χ1) is 8.66. The number of likely N-dealkylation sites (tertiary alicyclic amines) is 1. The molecule has 1 aromatic heterocycles. The fourth-order valence-electron chi connectivity index (χ4n) is 2.27. The Morgan fingerprint density at radius 1 is 1.61 bits per heavy atom. The Hall–Kier alpha value is -1.07. The van der Waals surface area contributed by atoms with Crippen LogP contribution in [0.3, 0.4) is 0 Å². The van der Waals surface area contributed by atoms with E-state index in [4.69, 9.17) is 0 Å². The fraction of sp³-hybridized carbons (Fsp3) is 0.615. The summed E-state index contributed by atoms with van der Waals surface area (Å²) in [6.07, 6.45) is 1.52. The van der Waals surface area contributed by atoms with E-state index in [0.717, 1.165) is 31.5 Å². The fourth-order valence-corrected chi connectivity index (χ4v) is 2.94. The second-order valence-corrected chi connectivity index (χ2v) is 5.64. The van der Waals surface area contributed by atoms with Crippen LogP contribution in [0.5, 0.6) is 0 Å². The molecule has 0 spiro atoms. The lowest BCUT2D eigenvalue weighted by Crippen LogP contribution is -2.45. The first-order valence-corrected chi connectivity index (χ1v) is 7.33. The zero-order valence-corrected chi connectivity index (χ0v) is 11.4. The van der Waals surface area contributed by atoms with Gasteiger partial charge in [0.1, 0.15) is 0 Å². The molecule has 1 aromatic rings. The molecular weight excluding hydrogens is 248 g/mol. The number of piperidine rings is 1. The molecule has 100 valence electrons. The van der Waals surface area contributed by atoms with Crippen molar-refractivity contribution in [1.82, 2.24) is 10.2 Å². The first kappa shape index (κ1) is 13.4. The van der Waals surface area contributed by atoms with Crippen molar-refractivity contribution in [3.05, 3.63) is 22.4 Å². The van der Waals surface area contributed by atoms with Crippen molar-refractivity contribution in [2.75, 3.05) is 13.1 Å². The van der Waals surface area contributed by atoms with Crippen LogP contribution in [0.4, 0.5) is 4.79 Å². The second-order valence-electron chi connectivity index (χ2n) is 4.86. The van der Waals surface area contributed by atoms with Gasteiger partial charge in [0.2, 0.25) is 0 Å². The molecule has 18 heavy (non-hydrogen) atoms. The van der Waals surface area contributed by atoms with Crippen molar-refractivity contribution >= 4 is 17.4 Å². The summed E-state index contributed by atoms with van der Waals surface area (Å²) in [5, 5.41) is 16.5. The Balaban J connectivity index is 1.74. The van der Waals surface area contributed by atoms with Gasteiger partial charge in [0, 0.05) is 19.6 Å². The molecule has 1 unspecified atom stereocenters. The van der Waals surface area contributed by atoms with Gasteiger partial charge in [0.15, 0.2) is 0 Å². The van der Waals surface area contributed by atoms with Crippen LogP contribution in [0.25, 0.3) is 0 Å². The lowest BCUT2D eigenvalue weighted by atomic mass is 9.92. The molecule has 0 radical (unpaired) electrons. The molecule has 1 saturated heterocycles. The minimum absolute atomic E-state index is 0.00485. The van der Waals surface area contributed by atoms with Gasteiger partial charge in [-0.25, -0.2) is 4.79 Å². The number of nitrogens with one attached hydrogen (secondary N) is 1. The summed E-state index contributed by atoms with van der Waals surface area (Å²) in [6.45, 7) is 3.91. The maximum Gasteiger partial charge on any atom is 0.317 e. The quantitative estimate of drug-likeness (QED) is 0.881. The van der Waals surface area contributed by atoms with Gasteiger partial charge in [0.25, 0.3) is 0 Å². The van der Waals surface area contributed by atoms with E-state index in [1.54, 1.807) is 11.3 Å². The molecule has 0 aliphatic carbocycles. The number of urea groups is 1. The van der Waals surface area contributed by atoms with Gasteiger partial charge in [-0.2, -0.15) is 11.3 Å². The first-order valence-electron chi connectivity index (χ1n) is 6.38. The highest BCUT2D eigenvalue weighted by Crippen LogP contribution is 2.20. The molecule has 2 heterocycles. The van der Waals surface area contributed by atoms with E-state index in [9.17, 15) is 9.90 Å². The SMILES string of the molecule is CC(O)C1CCN(C(=O)NCc2ccsc2)CC1. The Morgan fingerprint density at radius 2 is 2.33 bits per heavy atom. The number of aliphatic hydroxyl groups is 1. The van der Waals surface area contributed by atoms with Gasteiger partial charge in [-0.1, -0.05) is 0 Å². The minimum atomic E-state index is -0.263. The standard InChI is InChI=1S/C13H20N2O2S/c1-10(16)12-2-5-15(6-3-12)13(17)14-8-11-4-7-18-9-11/h4,7,9-10,12,16H,2-3,5-6,8H2,1H3,(H,14,17). The number of thiophene rings is 1. The Kier molecular flexibility index (Phi) is 4.60. The molecule has 4 nitrogen and oxygen atoms in total. The zero-order valence-electron chi connectivity index (χ0n) is 10.6. The van der Waals surface area contributed by atoms with Crippen molar-refractivity contribution in [2.45, 2.75) is 32.4 Å². The third kappa shape index (κ3) is 3.46. The number of amides is 2. The summed E-state index contributed by atoms with van der Waals surface area (Å²) in [7, 11) is 0. The van der Waals surface area contributed by atoms with E-state index >= 15 is 0 Å².